The monoisotopic (exact) mass is 424 g/mol. The molecule has 0 fully saturated rings. The van der Waals surface area contributed by atoms with Gasteiger partial charge in [-0.1, -0.05) is 55.5 Å². The van der Waals surface area contributed by atoms with Crippen LogP contribution in [0.1, 0.15) is 50.2 Å². The summed E-state index contributed by atoms with van der Waals surface area (Å²) in [5.41, 5.74) is 4.62. The first-order chi connectivity index (χ1) is 14.9. The SMILES string of the molecule is CC[C@@H](NC(=O)CCC(C)NC(=O)OCC1c2ccccc2-c2ccccc21)C(=O)O. The van der Waals surface area contributed by atoms with Gasteiger partial charge in [-0.15, -0.1) is 0 Å². The van der Waals surface area contributed by atoms with Gasteiger partial charge in [0.15, 0.2) is 0 Å². The molecule has 2 atom stereocenters. The number of carboxylic acid groups (broad SMARTS) is 1. The van der Waals surface area contributed by atoms with Crippen LogP contribution in [0.5, 0.6) is 0 Å². The van der Waals surface area contributed by atoms with Gasteiger partial charge in [-0.25, -0.2) is 9.59 Å². The number of ether oxygens (including phenoxy) is 1. The van der Waals surface area contributed by atoms with E-state index >= 15 is 0 Å². The highest BCUT2D eigenvalue weighted by molar-refractivity contribution is 5.83. The predicted octanol–water partition coefficient (Wildman–Crippen LogP) is 3.67. The summed E-state index contributed by atoms with van der Waals surface area (Å²) in [5.74, 6) is -1.42. The van der Waals surface area contributed by atoms with Crippen LogP contribution >= 0.6 is 0 Å². The van der Waals surface area contributed by atoms with Gasteiger partial charge in [-0.05, 0) is 42.0 Å². The molecule has 3 N–H and O–H groups in total. The van der Waals surface area contributed by atoms with E-state index in [2.05, 4.69) is 34.9 Å². The number of hydrogen-bond donors (Lipinski definition) is 3. The Morgan fingerprint density at radius 1 is 1.00 bits per heavy atom. The van der Waals surface area contributed by atoms with Crippen molar-refractivity contribution in [3.63, 3.8) is 0 Å². The molecule has 2 amide bonds. The number of amides is 2. The molecule has 0 saturated carbocycles. The summed E-state index contributed by atoms with van der Waals surface area (Å²) < 4.78 is 5.50. The van der Waals surface area contributed by atoms with Crippen LogP contribution in [0.2, 0.25) is 0 Å². The van der Waals surface area contributed by atoms with E-state index in [1.165, 1.54) is 11.1 Å². The minimum atomic E-state index is -1.05. The van der Waals surface area contributed by atoms with E-state index in [1.807, 2.05) is 24.3 Å². The number of alkyl carbamates (subject to hydrolysis) is 1. The molecule has 2 aromatic rings. The maximum absolute atomic E-state index is 12.3. The zero-order chi connectivity index (χ0) is 22.4. The van der Waals surface area contributed by atoms with Crippen molar-refractivity contribution in [3.05, 3.63) is 59.7 Å². The molecule has 1 aliphatic carbocycles. The van der Waals surface area contributed by atoms with E-state index in [-0.39, 0.29) is 30.9 Å². The number of carbonyl (C=O) groups excluding carboxylic acids is 2. The lowest BCUT2D eigenvalue weighted by Gasteiger charge is -2.17. The second kappa shape index (κ2) is 10.1. The van der Waals surface area contributed by atoms with Crippen molar-refractivity contribution in [3.8, 4) is 11.1 Å². The van der Waals surface area contributed by atoms with Gasteiger partial charge in [0.05, 0.1) is 0 Å². The fourth-order valence-electron chi connectivity index (χ4n) is 3.87. The maximum Gasteiger partial charge on any atom is 0.407 e. The number of fused-ring (bicyclic) bond motifs is 3. The third-order valence-corrected chi connectivity index (χ3v) is 5.55. The molecule has 31 heavy (non-hydrogen) atoms. The van der Waals surface area contributed by atoms with Crippen LogP contribution < -0.4 is 10.6 Å². The zero-order valence-electron chi connectivity index (χ0n) is 17.8. The predicted molar refractivity (Wildman–Crippen MR) is 117 cm³/mol. The lowest BCUT2D eigenvalue weighted by Crippen LogP contribution is -2.41. The van der Waals surface area contributed by atoms with Gasteiger partial charge in [0.2, 0.25) is 5.91 Å². The quantitative estimate of drug-likeness (QED) is 0.570. The summed E-state index contributed by atoms with van der Waals surface area (Å²) in [6.45, 7) is 3.70. The Kier molecular flexibility index (Phi) is 7.28. The van der Waals surface area contributed by atoms with E-state index in [9.17, 15) is 14.4 Å². The minimum absolute atomic E-state index is 0.0128. The summed E-state index contributed by atoms with van der Waals surface area (Å²) in [7, 11) is 0. The first-order valence-electron chi connectivity index (χ1n) is 10.5. The fraction of sp³-hybridized carbons (Fsp3) is 0.375. The van der Waals surface area contributed by atoms with E-state index in [0.717, 1.165) is 11.1 Å². The Hall–Kier alpha value is -3.35. The molecule has 0 aromatic heterocycles. The average molecular weight is 424 g/mol. The smallest absolute Gasteiger partial charge is 0.407 e. The zero-order valence-corrected chi connectivity index (χ0v) is 17.8. The van der Waals surface area contributed by atoms with Crippen molar-refractivity contribution in [2.45, 2.75) is 51.1 Å². The van der Waals surface area contributed by atoms with Crippen molar-refractivity contribution in [1.82, 2.24) is 10.6 Å². The van der Waals surface area contributed by atoms with Crippen molar-refractivity contribution in [2.75, 3.05) is 6.61 Å². The van der Waals surface area contributed by atoms with Gasteiger partial charge in [0.1, 0.15) is 12.6 Å². The molecular formula is C24H28N2O5. The maximum atomic E-state index is 12.3. The molecule has 0 aliphatic heterocycles. The van der Waals surface area contributed by atoms with Gasteiger partial charge in [0.25, 0.3) is 0 Å². The Morgan fingerprint density at radius 2 is 1.58 bits per heavy atom. The minimum Gasteiger partial charge on any atom is -0.480 e. The number of nitrogens with one attached hydrogen (secondary N) is 2. The van der Waals surface area contributed by atoms with Crippen LogP contribution in [0.25, 0.3) is 11.1 Å². The van der Waals surface area contributed by atoms with Gasteiger partial charge in [-0.2, -0.15) is 0 Å². The molecule has 1 aliphatic rings. The van der Waals surface area contributed by atoms with Crippen LogP contribution in [-0.4, -0.2) is 41.8 Å². The summed E-state index contributed by atoms with van der Waals surface area (Å²) in [6.07, 6.45) is 0.279. The Bertz CT molecular complexity index is 913. The van der Waals surface area contributed by atoms with Gasteiger partial charge in [0, 0.05) is 18.4 Å². The lowest BCUT2D eigenvalue weighted by atomic mass is 9.98. The normalized spacial score (nSPS) is 14.1. The van der Waals surface area contributed by atoms with Crippen molar-refractivity contribution in [1.29, 1.82) is 0 Å². The van der Waals surface area contributed by atoms with Gasteiger partial charge >= 0.3 is 12.1 Å². The summed E-state index contributed by atoms with van der Waals surface area (Å²) in [4.78, 5) is 35.2. The van der Waals surface area contributed by atoms with Crippen LogP contribution in [-0.2, 0) is 14.3 Å². The summed E-state index contributed by atoms with van der Waals surface area (Å²) >= 11 is 0. The average Bonchev–Trinajstić information content (AvgIpc) is 3.08. The van der Waals surface area contributed by atoms with E-state index < -0.39 is 18.1 Å². The fourth-order valence-corrected chi connectivity index (χ4v) is 3.87. The number of hydrogen-bond acceptors (Lipinski definition) is 4. The van der Waals surface area contributed by atoms with Crippen molar-refractivity contribution >= 4 is 18.0 Å². The molecule has 2 aromatic carbocycles. The Labute approximate surface area is 181 Å². The molecule has 164 valence electrons. The second-order valence-corrected chi connectivity index (χ2v) is 7.78. The van der Waals surface area contributed by atoms with Gasteiger partial charge in [-0.3, -0.25) is 4.79 Å². The first kappa shape index (κ1) is 22.3. The molecule has 3 rings (SSSR count). The standard InChI is InChI=1S/C24H28N2O5/c1-3-21(23(28)29)26-22(27)13-12-15(2)25-24(30)31-14-20-18-10-6-4-8-16(18)17-9-5-7-11-19(17)20/h4-11,15,20-21H,3,12-14H2,1-2H3,(H,25,30)(H,26,27)(H,28,29)/t15?,21-/m1/s1. The van der Waals surface area contributed by atoms with Crippen LogP contribution in [0.15, 0.2) is 48.5 Å². The molecule has 0 bridgehead atoms. The van der Waals surface area contributed by atoms with Gasteiger partial charge < -0.3 is 20.5 Å². The number of aliphatic carboxylic acids is 1. The highest BCUT2D eigenvalue weighted by atomic mass is 16.5. The molecule has 7 nitrogen and oxygen atoms in total. The second-order valence-electron chi connectivity index (χ2n) is 7.78. The van der Waals surface area contributed by atoms with E-state index in [1.54, 1.807) is 13.8 Å². The number of benzene rings is 2. The third-order valence-electron chi connectivity index (χ3n) is 5.55. The third kappa shape index (κ3) is 5.42. The lowest BCUT2D eigenvalue weighted by molar-refractivity contribution is -0.141. The largest absolute Gasteiger partial charge is 0.480 e. The van der Waals surface area contributed by atoms with Crippen LogP contribution in [0, 0.1) is 0 Å². The van der Waals surface area contributed by atoms with E-state index in [4.69, 9.17) is 9.84 Å². The highest BCUT2D eigenvalue weighted by Crippen LogP contribution is 2.44. The van der Waals surface area contributed by atoms with Crippen LogP contribution in [0.3, 0.4) is 0 Å². The Morgan fingerprint density at radius 3 is 2.13 bits per heavy atom. The number of carbonyl (C=O) groups is 3. The highest BCUT2D eigenvalue weighted by Gasteiger charge is 2.29. The topological polar surface area (TPSA) is 105 Å². The van der Waals surface area contributed by atoms with Crippen LogP contribution in [0.4, 0.5) is 4.79 Å². The summed E-state index contributed by atoms with van der Waals surface area (Å²) in [5, 5.41) is 14.2. The molecule has 0 radical (unpaired) electrons. The molecule has 0 spiro atoms. The van der Waals surface area contributed by atoms with Crippen molar-refractivity contribution in [2.24, 2.45) is 0 Å². The van der Waals surface area contributed by atoms with E-state index in [0.29, 0.717) is 12.8 Å². The van der Waals surface area contributed by atoms with Crippen molar-refractivity contribution < 1.29 is 24.2 Å². The summed E-state index contributed by atoms with van der Waals surface area (Å²) in [6, 6.07) is 15.1. The Balaban J connectivity index is 1.48. The molecule has 0 heterocycles. The number of rotatable bonds is 9. The number of carboxylic acids is 1. The first-order valence-corrected chi connectivity index (χ1v) is 10.5. The molecule has 7 heteroatoms. The molecule has 1 unspecified atom stereocenters. The molecule has 0 saturated heterocycles. The molecular weight excluding hydrogens is 396 g/mol.